The standard InChI is InChI=1S/C15H18N2OS/c1-4-12-7-5-6-8-13(12)9-16-15(18)14-10(2)17-11(3)19-14/h5-8H,4,9H2,1-3H3,(H,16,18). The second-order valence-electron chi connectivity index (χ2n) is 4.45. The summed E-state index contributed by atoms with van der Waals surface area (Å²) in [5.74, 6) is -0.0333. The van der Waals surface area contributed by atoms with E-state index in [0.717, 1.165) is 17.1 Å². The largest absolute Gasteiger partial charge is 0.347 e. The summed E-state index contributed by atoms with van der Waals surface area (Å²) in [6.45, 7) is 6.48. The highest BCUT2D eigenvalue weighted by Crippen LogP contribution is 2.17. The maximum atomic E-state index is 12.1. The van der Waals surface area contributed by atoms with Crippen molar-refractivity contribution >= 4 is 17.2 Å². The van der Waals surface area contributed by atoms with Crippen molar-refractivity contribution in [2.75, 3.05) is 0 Å². The van der Waals surface area contributed by atoms with E-state index in [2.05, 4.69) is 29.4 Å². The quantitative estimate of drug-likeness (QED) is 0.930. The molecule has 0 spiro atoms. The van der Waals surface area contributed by atoms with Gasteiger partial charge in [0.2, 0.25) is 0 Å². The summed E-state index contributed by atoms with van der Waals surface area (Å²) in [5, 5.41) is 3.90. The van der Waals surface area contributed by atoms with Crippen molar-refractivity contribution in [1.29, 1.82) is 0 Å². The van der Waals surface area contributed by atoms with Gasteiger partial charge in [-0.1, -0.05) is 31.2 Å². The Labute approximate surface area is 117 Å². The van der Waals surface area contributed by atoms with Crippen LogP contribution in [0.1, 0.15) is 38.4 Å². The molecule has 4 heteroatoms. The molecule has 0 atom stereocenters. The van der Waals surface area contributed by atoms with Gasteiger partial charge in [-0.05, 0) is 31.4 Å². The molecule has 1 N–H and O–H groups in total. The van der Waals surface area contributed by atoms with Crippen molar-refractivity contribution in [3.8, 4) is 0 Å². The summed E-state index contributed by atoms with van der Waals surface area (Å²) >= 11 is 1.44. The molecule has 0 saturated carbocycles. The van der Waals surface area contributed by atoms with Gasteiger partial charge in [0.05, 0.1) is 10.7 Å². The monoisotopic (exact) mass is 274 g/mol. The van der Waals surface area contributed by atoms with Crippen molar-refractivity contribution in [2.45, 2.75) is 33.7 Å². The lowest BCUT2D eigenvalue weighted by Gasteiger charge is -2.08. The molecule has 0 saturated heterocycles. The van der Waals surface area contributed by atoms with Gasteiger partial charge in [0.25, 0.3) is 5.91 Å². The van der Waals surface area contributed by atoms with Crippen LogP contribution < -0.4 is 5.32 Å². The Morgan fingerprint density at radius 3 is 2.53 bits per heavy atom. The first-order valence-corrected chi connectivity index (χ1v) is 7.22. The van der Waals surface area contributed by atoms with Crippen LogP contribution in [0.25, 0.3) is 0 Å². The fraction of sp³-hybridized carbons (Fsp3) is 0.333. The lowest BCUT2D eigenvalue weighted by atomic mass is 10.1. The van der Waals surface area contributed by atoms with Crippen molar-refractivity contribution < 1.29 is 4.79 Å². The van der Waals surface area contributed by atoms with Gasteiger partial charge in [-0.15, -0.1) is 11.3 Å². The summed E-state index contributed by atoms with van der Waals surface area (Å²) in [6.07, 6.45) is 0.977. The smallest absolute Gasteiger partial charge is 0.263 e. The average Bonchev–Trinajstić information content (AvgIpc) is 2.75. The second-order valence-corrected chi connectivity index (χ2v) is 5.66. The Morgan fingerprint density at radius 1 is 1.26 bits per heavy atom. The van der Waals surface area contributed by atoms with Gasteiger partial charge in [-0.25, -0.2) is 4.98 Å². The van der Waals surface area contributed by atoms with E-state index in [1.165, 1.54) is 22.5 Å². The number of aromatic nitrogens is 1. The van der Waals surface area contributed by atoms with Crippen LogP contribution in [-0.4, -0.2) is 10.9 Å². The van der Waals surface area contributed by atoms with Crippen LogP contribution in [-0.2, 0) is 13.0 Å². The van der Waals surface area contributed by atoms with Crippen LogP contribution in [0.15, 0.2) is 24.3 Å². The molecule has 0 aliphatic rings. The minimum atomic E-state index is -0.0333. The SMILES string of the molecule is CCc1ccccc1CNC(=O)c1sc(C)nc1C. The molecule has 1 heterocycles. The number of aryl methyl sites for hydroxylation is 3. The Hall–Kier alpha value is -1.68. The maximum Gasteiger partial charge on any atom is 0.263 e. The number of amides is 1. The van der Waals surface area contributed by atoms with Gasteiger partial charge < -0.3 is 5.32 Å². The van der Waals surface area contributed by atoms with Crippen LogP contribution in [0.2, 0.25) is 0 Å². The molecule has 2 rings (SSSR count). The number of carbonyl (C=O) groups is 1. The summed E-state index contributed by atoms with van der Waals surface area (Å²) in [4.78, 5) is 17.1. The third-order valence-electron chi connectivity index (χ3n) is 3.05. The van der Waals surface area contributed by atoms with E-state index in [4.69, 9.17) is 0 Å². The molecule has 0 aliphatic heterocycles. The highest BCUT2D eigenvalue weighted by atomic mass is 32.1. The summed E-state index contributed by atoms with van der Waals surface area (Å²) < 4.78 is 0. The molecular weight excluding hydrogens is 256 g/mol. The topological polar surface area (TPSA) is 42.0 Å². The van der Waals surface area contributed by atoms with E-state index < -0.39 is 0 Å². The predicted molar refractivity (Wildman–Crippen MR) is 78.6 cm³/mol. The third kappa shape index (κ3) is 3.20. The highest BCUT2D eigenvalue weighted by Gasteiger charge is 2.13. The molecule has 19 heavy (non-hydrogen) atoms. The van der Waals surface area contributed by atoms with Gasteiger partial charge in [-0.3, -0.25) is 4.79 Å². The maximum absolute atomic E-state index is 12.1. The van der Waals surface area contributed by atoms with Crippen molar-refractivity contribution in [2.24, 2.45) is 0 Å². The number of hydrogen-bond acceptors (Lipinski definition) is 3. The van der Waals surface area contributed by atoms with Gasteiger partial charge >= 0.3 is 0 Å². The number of nitrogens with zero attached hydrogens (tertiary/aromatic N) is 1. The average molecular weight is 274 g/mol. The van der Waals surface area contributed by atoms with Crippen LogP contribution in [0.5, 0.6) is 0 Å². The number of thiazole rings is 1. The minimum absolute atomic E-state index is 0.0333. The number of nitrogens with one attached hydrogen (secondary N) is 1. The van der Waals surface area contributed by atoms with Crippen LogP contribution >= 0.6 is 11.3 Å². The van der Waals surface area contributed by atoms with E-state index in [-0.39, 0.29) is 5.91 Å². The van der Waals surface area contributed by atoms with Gasteiger partial charge in [0.1, 0.15) is 4.88 Å². The highest BCUT2D eigenvalue weighted by molar-refractivity contribution is 7.13. The summed E-state index contributed by atoms with van der Waals surface area (Å²) in [7, 11) is 0. The molecule has 1 amide bonds. The number of benzene rings is 1. The van der Waals surface area contributed by atoms with Gasteiger partial charge in [0, 0.05) is 6.54 Å². The molecule has 3 nitrogen and oxygen atoms in total. The first-order chi connectivity index (χ1) is 9.11. The fourth-order valence-corrected chi connectivity index (χ4v) is 2.91. The third-order valence-corrected chi connectivity index (χ3v) is 4.12. The number of rotatable bonds is 4. The van der Waals surface area contributed by atoms with Gasteiger partial charge in [0.15, 0.2) is 0 Å². The molecule has 0 radical (unpaired) electrons. The van der Waals surface area contributed by atoms with E-state index in [1.807, 2.05) is 26.0 Å². The molecule has 0 bridgehead atoms. The summed E-state index contributed by atoms with van der Waals surface area (Å²) in [6, 6.07) is 8.19. The zero-order valence-electron chi connectivity index (χ0n) is 11.5. The Bertz CT molecular complexity index is 590. The zero-order chi connectivity index (χ0) is 13.8. The van der Waals surface area contributed by atoms with Crippen LogP contribution in [0.3, 0.4) is 0 Å². The lowest BCUT2D eigenvalue weighted by molar-refractivity contribution is 0.0954. The molecule has 2 aromatic rings. The fourth-order valence-electron chi connectivity index (χ4n) is 2.07. The first-order valence-electron chi connectivity index (χ1n) is 6.40. The minimum Gasteiger partial charge on any atom is -0.347 e. The normalized spacial score (nSPS) is 10.5. The van der Waals surface area contributed by atoms with Gasteiger partial charge in [-0.2, -0.15) is 0 Å². The van der Waals surface area contributed by atoms with Crippen LogP contribution in [0.4, 0.5) is 0 Å². The molecular formula is C15H18N2OS. The molecule has 1 aromatic carbocycles. The van der Waals surface area contributed by atoms with E-state index in [1.54, 1.807) is 0 Å². The Kier molecular flexibility index (Phi) is 4.32. The summed E-state index contributed by atoms with van der Waals surface area (Å²) in [5.41, 5.74) is 3.26. The van der Waals surface area contributed by atoms with E-state index in [9.17, 15) is 4.79 Å². The molecule has 100 valence electrons. The first kappa shape index (κ1) is 13.7. The second kappa shape index (κ2) is 5.97. The predicted octanol–water partition coefficient (Wildman–Crippen LogP) is 3.25. The molecule has 1 aromatic heterocycles. The molecule has 0 aliphatic carbocycles. The van der Waals surface area contributed by atoms with Crippen molar-refractivity contribution in [1.82, 2.24) is 10.3 Å². The molecule has 0 fully saturated rings. The Morgan fingerprint density at radius 2 is 1.95 bits per heavy atom. The van der Waals surface area contributed by atoms with E-state index in [0.29, 0.717) is 11.4 Å². The van der Waals surface area contributed by atoms with E-state index >= 15 is 0 Å². The lowest BCUT2D eigenvalue weighted by Crippen LogP contribution is -2.23. The van der Waals surface area contributed by atoms with Crippen LogP contribution in [0, 0.1) is 13.8 Å². The number of hydrogen-bond donors (Lipinski definition) is 1. The number of carbonyl (C=O) groups excluding carboxylic acids is 1. The van der Waals surface area contributed by atoms with Crippen molar-refractivity contribution in [3.63, 3.8) is 0 Å². The molecule has 0 unspecified atom stereocenters. The Balaban J connectivity index is 2.06. The van der Waals surface area contributed by atoms with Crippen molar-refractivity contribution in [3.05, 3.63) is 51.0 Å². The zero-order valence-corrected chi connectivity index (χ0v) is 12.3.